The van der Waals surface area contributed by atoms with Crippen LogP contribution in [0.4, 0.5) is 5.69 Å². The molecule has 1 saturated carbocycles. The molecule has 1 N–H and O–H groups in total. The van der Waals surface area contributed by atoms with Crippen molar-refractivity contribution in [1.82, 2.24) is 4.90 Å². The standard InChI is InChI=1S/C20H23ClN2O3/c1-25-17-9-10-18(19(11-17)26-2)22-20(24)13-23(16-7-8-16)12-14-3-5-15(21)6-4-14/h3-6,9-11,16H,7-8,12-13H2,1-2H3,(H,22,24). The number of rotatable bonds is 8. The molecule has 2 aromatic rings. The lowest BCUT2D eigenvalue weighted by molar-refractivity contribution is -0.117. The molecule has 0 bridgehead atoms. The number of methoxy groups -OCH3 is 2. The Hall–Kier alpha value is -2.24. The average Bonchev–Trinajstić information content (AvgIpc) is 3.48. The first-order chi connectivity index (χ1) is 12.6. The molecule has 0 heterocycles. The van der Waals surface area contributed by atoms with E-state index in [0.29, 0.717) is 29.8 Å². The molecule has 0 radical (unpaired) electrons. The maximum atomic E-state index is 12.6. The van der Waals surface area contributed by atoms with Gasteiger partial charge in [-0.1, -0.05) is 23.7 Å². The van der Waals surface area contributed by atoms with E-state index in [1.54, 1.807) is 32.4 Å². The highest BCUT2D eigenvalue weighted by atomic mass is 35.5. The minimum Gasteiger partial charge on any atom is -0.497 e. The number of nitrogens with zero attached hydrogens (tertiary/aromatic N) is 1. The molecule has 0 atom stereocenters. The van der Waals surface area contributed by atoms with Crippen molar-refractivity contribution in [2.24, 2.45) is 0 Å². The van der Waals surface area contributed by atoms with Gasteiger partial charge in [-0.25, -0.2) is 0 Å². The molecule has 5 nitrogen and oxygen atoms in total. The second kappa shape index (κ2) is 8.43. The van der Waals surface area contributed by atoms with Crippen LogP contribution in [-0.2, 0) is 11.3 Å². The highest BCUT2D eigenvalue weighted by Crippen LogP contribution is 2.30. The SMILES string of the molecule is COc1ccc(NC(=O)CN(Cc2ccc(Cl)cc2)C2CC2)c(OC)c1. The highest BCUT2D eigenvalue weighted by molar-refractivity contribution is 6.30. The molecule has 3 rings (SSSR count). The minimum atomic E-state index is -0.0608. The molecule has 6 heteroatoms. The number of amides is 1. The van der Waals surface area contributed by atoms with Gasteiger partial charge < -0.3 is 14.8 Å². The summed E-state index contributed by atoms with van der Waals surface area (Å²) in [7, 11) is 3.17. The van der Waals surface area contributed by atoms with Crippen LogP contribution in [0, 0.1) is 0 Å². The Morgan fingerprint density at radius 3 is 2.50 bits per heavy atom. The van der Waals surface area contributed by atoms with Crippen molar-refractivity contribution in [1.29, 1.82) is 0 Å². The Morgan fingerprint density at radius 2 is 1.88 bits per heavy atom. The van der Waals surface area contributed by atoms with Crippen molar-refractivity contribution in [3.05, 3.63) is 53.1 Å². The van der Waals surface area contributed by atoms with Crippen molar-refractivity contribution in [2.75, 3.05) is 26.1 Å². The molecule has 26 heavy (non-hydrogen) atoms. The molecule has 1 aliphatic carbocycles. The van der Waals surface area contributed by atoms with Crippen molar-refractivity contribution in [2.45, 2.75) is 25.4 Å². The lowest BCUT2D eigenvalue weighted by atomic mass is 10.2. The van der Waals surface area contributed by atoms with Gasteiger partial charge in [0.1, 0.15) is 11.5 Å². The summed E-state index contributed by atoms with van der Waals surface area (Å²) >= 11 is 5.95. The van der Waals surface area contributed by atoms with Gasteiger partial charge in [-0.3, -0.25) is 9.69 Å². The molecular formula is C20H23ClN2O3. The summed E-state index contributed by atoms with van der Waals surface area (Å²) in [6.07, 6.45) is 2.26. The molecule has 0 aromatic heterocycles. The van der Waals surface area contributed by atoms with E-state index in [1.807, 2.05) is 24.3 Å². The van der Waals surface area contributed by atoms with E-state index in [-0.39, 0.29) is 5.91 Å². The van der Waals surface area contributed by atoms with E-state index >= 15 is 0 Å². The summed E-state index contributed by atoms with van der Waals surface area (Å²) in [6.45, 7) is 1.07. The van der Waals surface area contributed by atoms with Crippen molar-refractivity contribution >= 4 is 23.2 Å². The zero-order valence-electron chi connectivity index (χ0n) is 15.0. The number of benzene rings is 2. The van der Waals surface area contributed by atoms with Crippen LogP contribution in [0.3, 0.4) is 0 Å². The predicted octanol–water partition coefficient (Wildman–Crippen LogP) is 3.96. The number of ether oxygens (including phenoxy) is 2. The third kappa shape index (κ3) is 4.90. The third-order valence-corrected chi connectivity index (χ3v) is 4.64. The van der Waals surface area contributed by atoms with Crippen molar-refractivity contribution in [3.8, 4) is 11.5 Å². The van der Waals surface area contributed by atoms with Gasteiger partial charge in [-0.2, -0.15) is 0 Å². The van der Waals surface area contributed by atoms with Gasteiger partial charge in [0.2, 0.25) is 5.91 Å². The Labute approximate surface area is 158 Å². The van der Waals surface area contributed by atoms with Crippen molar-refractivity contribution < 1.29 is 14.3 Å². The average molecular weight is 375 g/mol. The monoisotopic (exact) mass is 374 g/mol. The van der Waals surface area contributed by atoms with Gasteiger partial charge in [-0.05, 0) is 42.7 Å². The number of nitrogens with one attached hydrogen (secondary N) is 1. The Kier molecular flexibility index (Phi) is 6.01. The van der Waals surface area contributed by atoms with Crippen LogP contribution in [-0.4, -0.2) is 37.6 Å². The molecule has 1 amide bonds. The van der Waals surface area contributed by atoms with Crippen LogP contribution < -0.4 is 14.8 Å². The summed E-state index contributed by atoms with van der Waals surface area (Å²) in [5.41, 5.74) is 1.79. The fourth-order valence-corrected chi connectivity index (χ4v) is 2.98. The van der Waals surface area contributed by atoms with Gasteiger partial charge in [-0.15, -0.1) is 0 Å². The molecular weight excluding hydrogens is 352 g/mol. The topological polar surface area (TPSA) is 50.8 Å². The molecule has 0 saturated heterocycles. The predicted molar refractivity (Wildman–Crippen MR) is 103 cm³/mol. The first-order valence-electron chi connectivity index (χ1n) is 8.59. The van der Waals surface area contributed by atoms with Crippen LogP contribution in [0.2, 0.25) is 5.02 Å². The van der Waals surface area contributed by atoms with E-state index in [2.05, 4.69) is 10.2 Å². The first-order valence-corrected chi connectivity index (χ1v) is 8.97. The van der Waals surface area contributed by atoms with Crippen LogP contribution in [0.5, 0.6) is 11.5 Å². The Balaban J connectivity index is 1.64. The molecule has 1 aliphatic rings. The van der Waals surface area contributed by atoms with Gasteiger partial charge in [0.25, 0.3) is 0 Å². The van der Waals surface area contributed by atoms with Gasteiger partial charge in [0, 0.05) is 23.7 Å². The van der Waals surface area contributed by atoms with Gasteiger partial charge in [0.05, 0.1) is 26.5 Å². The quantitative estimate of drug-likeness (QED) is 0.759. The fourth-order valence-electron chi connectivity index (χ4n) is 2.85. The first kappa shape index (κ1) is 18.5. The Bertz CT molecular complexity index is 760. The van der Waals surface area contributed by atoms with E-state index in [1.165, 1.54) is 0 Å². The molecule has 0 unspecified atom stereocenters. The summed E-state index contributed by atoms with van der Waals surface area (Å²) < 4.78 is 10.5. The smallest absolute Gasteiger partial charge is 0.238 e. The second-order valence-corrected chi connectivity index (χ2v) is 6.81. The normalized spacial score (nSPS) is 13.5. The molecule has 1 fully saturated rings. The number of anilines is 1. The van der Waals surface area contributed by atoms with Crippen LogP contribution >= 0.6 is 11.6 Å². The maximum Gasteiger partial charge on any atom is 0.238 e. The maximum absolute atomic E-state index is 12.6. The fraction of sp³-hybridized carbons (Fsp3) is 0.350. The molecule has 0 spiro atoms. The minimum absolute atomic E-state index is 0.0608. The summed E-state index contributed by atoms with van der Waals surface area (Å²) in [5, 5.41) is 3.66. The number of hydrogen-bond donors (Lipinski definition) is 1. The number of carbonyl (C=O) groups is 1. The van der Waals surface area contributed by atoms with Crippen molar-refractivity contribution in [3.63, 3.8) is 0 Å². The molecule has 138 valence electrons. The van der Waals surface area contributed by atoms with Crippen LogP contribution in [0.1, 0.15) is 18.4 Å². The van der Waals surface area contributed by atoms with Crippen LogP contribution in [0.15, 0.2) is 42.5 Å². The summed E-state index contributed by atoms with van der Waals surface area (Å²) in [4.78, 5) is 14.8. The number of hydrogen-bond acceptors (Lipinski definition) is 4. The zero-order valence-corrected chi connectivity index (χ0v) is 15.8. The number of halogens is 1. The summed E-state index contributed by atoms with van der Waals surface area (Å²) in [6, 6.07) is 13.6. The van der Waals surface area contributed by atoms with E-state index in [0.717, 1.165) is 30.0 Å². The van der Waals surface area contributed by atoms with Crippen LogP contribution in [0.25, 0.3) is 0 Å². The van der Waals surface area contributed by atoms with E-state index in [9.17, 15) is 4.79 Å². The zero-order chi connectivity index (χ0) is 18.5. The highest BCUT2D eigenvalue weighted by Gasteiger charge is 2.30. The third-order valence-electron chi connectivity index (χ3n) is 4.39. The lowest BCUT2D eigenvalue weighted by Crippen LogP contribution is -2.34. The van der Waals surface area contributed by atoms with Gasteiger partial charge in [0.15, 0.2) is 0 Å². The lowest BCUT2D eigenvalue weighted by Gasteiger charge is -2.22. The molecule has 2 aromatic carbocycles. The Morgan fingerprint density at radius 1 is 1.15 bits per heavy atom. The largest absolute Gasteiger partial charge is 0.497 e. The number of carbonyl (C=O) groups excluding carboxylic acids is 1. The second-order valence-electron chi connectivity index (χ2n) is 6.38. The van der Waals surface area contributed by atoms with E-state index < -0.39 is 0 Å². The molecule has 0 aliphatic heterocycles. The van der Waals surface area contributed by atoms with Gasteiger partial charge >= 0.3 is 0 Å². The van der Waals surface area contributed by atoms with E-state index in [4.69, 9.17) is 21.1 Å². The summed E-state index contributed by atoms with van der Waals surface area (Å²) in [5.74, 6) is 1.20.